The quantitative estimate of drug-likeness (QED) is 0.868. The summed E-state index contributed by atoms with van der Waals surface area (Å²) in [7, 11) is 1.97. The molecule has 1 heterocycles. The Morgan fingerprint density at radius 3 is 2.70 bits per heavy atom. The molecular weight excluding hydrogens is 250 g/mol. The number of nitrogens with zero attached hydrogens (tertiary/aromatic N) is 1. The van der Waals surface area contributed by atoms with Crippen molar-refractivity contribution in [1.82, 2.24) is 15.6 Å². The number of pyridine rings is 1. The van der Waals surface area contributed by atoms with Crippen LogP contribution in [-0.2, 0) is 4.79 Å². The maximum Gasteiger partial charge on any atom is 0.222 e. The normalized spacial score (nSPS) is 19.3. The van der Waals surface area contributed by atoms with Crippen molar-refractivity contribution in [3.05, 3.63) is 30.1 Å². The van der Waals surface area contributed by atoms with E-state index in [1.54, 1.807) is 6.20 Å². The maximum atomic E-state index is 12.3. The van der Waals surface area contributed by atoms with Gasteiger partial charge in [-0.15, -0.1) is 0 Å². The molecular formula is C16H25N3O. The maximum absolute atomic E-state index is 12.3. The van der Waals surface area contributed by atoms with E-state index >= 15 is 0 Å². The summed E-state index contributed by atoms with van der Waals surface area (Å²) in [5.74, 6) is 0.111. The molecule has 2 rings (SSSR count). The molecule has 4 nitrogen and oxygen atoms in total. The molecule has 4 heteroatoms. The van der Waals surface area contributed by atoms with Crippen LogP contribution in [0, 0.1) is 0 Å². The number of carbonyl (C=O) groups excluding carboxylic acids is 1. The smallest absolute Gasteiger partial charge is 0.222 e. The Kier molecular flexibility index (Phi) is 5.12. The minimum atomic E-state index is -0.0406. The lowest BCUT2D eigenvalue weighted by molar-refractivity contribution is -0.123. The van der Waals surface area contributed by atoms with Crippen molar-refractivity contribution in [2.24, 2.45) is 0 Å². The highest BCUT2D eigenvalue weighted by Crippen LogP contribution is 2.30. The first-order valence-corrected chi connectivity index (χ1v) is 7.54. The largest absolute Gasteiger partial charge is 0.348 e. The Morgan fingerprint density at radius 1 is 1.35 bits per heavy atom. The molecule has 1 saturated carbocycles. The average Bonchev–Trinajstić information content (AvgIpc) is 2.49. The van der Waals surface area contributed by atoms with Gasteiger partial charge in [0, 0.05) is 18.2 Å². The van der Waals surface area contributed by atoms with E-state index in [4.69, 9.17) is 0 Å². The minimum Gasteiger partial charge on any atom is -0.348 e. The Hall–Kier alpha value is -1.42. The van der Waals surface area contributed by atoms with Crippen molar-refractivity contribution in [3.63, 3.8) is 0 Å². The fourth-order valence-electron chi connectivity index (χ4n) is 3.05. The Labute approximate surface area is 121 Å². The van der Waals surface area contributed by atoms with Gasteiger partial charge in [-0.2, -0.15) is 0 Å². The second kappa shape index (κ2) is 6.84. The van der Waals surface area contributed by atoms with Crippen LogP contribution >= 0.6 is 0 Å². The van der Waals surface area contributed by atoms with E-state index in [9.17, 15) is 4.79 Å². The molecule has 0 bridgehead atoms. The van der Waals surface area contributed by atoms with Crippen molar-refractivity contribution in [2.45, 2.75) is 57.0 Å². The molecule has 0 radical (unpaired) electrons. The van der Waals surface area contributed by atoms with Crippen molar-refractivity contribution < 1.29 is 4.79 Å². The second-order valence-corrected chi connectivity index (χ2v) is 5.81. The molecule has 1 aliphatic rings. The van der Waals surface area contributed by atoms with E-state index in [1.807, 2.05) is 32.2 Å². The summed E-state index contributed by atoms with van der Waals surface area (Å²) in [6.07, 6.45) is 8.21. The predicted octanol–water partition coefficient (Wildman–Crippen LogP) is 2.57. The van der Waals surface area contributed by atoms with Crippen LogP contribution in [0.1, 0.15) is 57.2 Å². The summed E-state index contributed by atoms with van der Waals surface area (Å²) in [5, 5.41) is 6.45. The van der Waals surface area contributed by atoms with Crippen molar-refractivity contribution >= 4 is 5.91 Å². The Balaban J connectivity index is 1.91. The number of hydrogen-bond donors (Lipinski definition) is 2. The standard InChI is InChI=1S/C16H25N3O/c1-13(14-8-4-7-11-18-14)19-15(20)12-16(17-2)9-5-3-6-10-16/h4,7-8,11,13,17H,3,5-6,9-10,12H2,1-2H3,(H,19,20). The molecule has 1 unspecified atom stereocenters. The number of aromatic nitrogens is 1. The zero-order chi connectivity index (χ0) is 14.4. The van der Waals surface area contributed by atoms with Gasteiger partial charge < -0.3 is 10.6 Å². The highest BCUT2D eigenvalue weighted by atomic mass is 16.1. The second-order valence-electron chi connectivity index (χ2n) is 5.81. The van der Waals surface area contributed by atoms with Gasteiger partial charge >= 0.3 is 0 Å². The molecule has 1 aromatic heterocycles. The lowest BCUT2D eigenvalue weighted by Crippen LogP contribution is -2.48. The number of amides is 1. The average molecular weight is 275 g/mol. The van der Waals surface area contributed by atoms with E-state index in [0.717, 1.165) is 18.5 Å². The first-order valence-electron chi connectivity index (χ1n) is 7.54. The van der Waals surface area contributed by atoms with E-state index in [1.165, 1.54) is 19.3 Å². The molecule has 0 aliphatic heterocycles. The summed E-state index contributed by atoms with van der Waals surface area (Å²) < 4.78 is 0. The zero-order valence-corrected chi connectivity index (χ0v) is 12.5. The van der Waals surface area contributed by atoms with Crippen LogP contribution in [0.5, 0.6) is 0 Å². The summed E-state index contributed by atoms with van der Waals surface area (Å²) in [4.78, 5) is 16.6. The van der Waals surface area contributed by atoms with Gasteiger partial charge in [-0.05, 0) is 38.9 Å². The summed E-state index contributed by atoms with van der Waals surface area (Å²) >= 11 is 0. The van der Waals surface area contributed by atoms with Gasteiger partial charge in [-0.25, -0.2) is 0 Å². The highest BCUT2D eigenvalue weighted by Gasteiger charge is 2.32. The van der Waals surface area contributed by atoms with Gasteiger partial charge in [0.2, 0.25) is 5.91 Å². The summed E-state index contributed by atoms with van der Waals surface area (Å²) in [6.45, 7) is 1.98. The van der Waals surface area contributed by atoms with Crippen LogP contribution in [0.4, 0.5) is 0 Å². The number of rotatable bonds is 5. The molecule has 0 saturated heterocycles. The summed E-state index contributed by atoms with van der Waals surface area (Å²) in [6, 6.07) is 5.73. The van der Waals surface area contributed by atoms with Crippen molar-refractivity contribution in [3.8, 4) is 0 Å². The molecule has 110 valence electrons. The lowest BCUT2D eigenvalue weighted by Gasteiger charge is -2.37. The molecule has 1 fully saturated rings. The topological polar surface area (TPSA) is 54.0 Å². The van der Waals surface area contributed by atoms with Crippen LogP contribution in [0.15, 0.2) is 24.4 Å². The summed E-state index contributed by atoms with van der Waals surface area (Å²) in [5.41, 5.74) is 0.898. The van der Waals surface area contributed by atoms with Gasteiger partial charge in [-0.1, -0.05) is 25.3 Å². The molecule has 20 heavy (non-hydrogen) atoms. The number of nitrogens with one attached hydrogen (secondary N) is 2. The van der Waals surface area contributed by atoms with Gasteiger partial charge in [0.25, 0.3) is 0 Å². The van der Waals surface area contributed by atoms with Crippen molar-refractivity contribution in [1.29, 1.82) is 0 Å². The Bertz CT molecular complexity index is 427. The fraction of sp³-hybridized carbons (Fsp3) is 0.625. The fourth-order valence-corrected chi connectivity index (χ4v) is 3.05. The van der Waals surface area contributed by atoms with Gasteiger partial charge in [-0.3, -0.25) is 9.78 Å². The third-order valence-electron chi connectivity index (χ3n) is 4.35. The molecule has 1 atom stereocenters. The number of carbonyl (C=O) groups is 1. The van der Waals surface area contributed by atoms with Crippen LogP contribution in [-0.4, -0.2) is 23.5 Å². The Morgan fingerprint density at radius 2 is 2.10 bits per heavy atom. The molecule has 0 spiro atoms. The van der Waals surface area contributed by atoms with Crippen LogP contribution in [0.3, 0.4) is 0 Å². The third-order valence-corrected chi connectivity index (χ3v) is 4.35. The van der Waals surface area contributed by atoms with Gasteiger partial charge in [0.1, 0.15) is 0 Å². The first kappa shape index (κ1) is 15.0. The van der Waals surface area contributed by atoms with Crippen LogP contribution in [0.2, 0.25) is 0 Å². The van der Waals surface area contributed by atoms with Crippen LogP contribution in [0.25, 0.3) is 0 Å². The zero-order valence-electron chi connectivity index (χ0n) is 12.5. The number of hydrogen-bond acceptors (Lipinski definition) is 3. The molecule has 1 aromatic rings. The highest BCUT2D eigenvalue weighted by molar-refractivity contribution is 5.77. The van der Waals surface area contributed by atoms with Crippen LogP contribution < -0.4 is 10.6 Å². The minimum absolute atomic E-state index is 0.00777. The molecule has 1 aliphatic carbocycles. The molecule has 2 N–H and O–H groups in total. The SMILES string of the molecule is CNC1(CC(=O)NC(C)c2ccccn2)CCCCC1. The molecule has 0 aromatic carbocycles. The van der Waals surface area contributed by atoms with E-state index in [0.29, 0.717) is 6.42 Å². The lowest BCUT2D eigenvalue weighted by atomic mass is 9.79. The van der Waals surface area contributed by atoms with Gasteiger partial charge in [0.05, 0.1) is 11.7 Å². The van der Waals surface area contributed by atoms with E-state index in [2.05, 4.69) is 15.6 Å². The predicted molar refractivity (Wildman–Crippen MR) is 80.3 cm³/mol. The van der Waals surface area contributed by atoms with Gasteiger partial charge in [0.15, 0.2) is 0 Å². The third kappa shape index (κ3) is 3.79. The van der Waals surface area contributed by atoms with E-state index in [-0.39, 0.29) is 17.5 Å². The molecule has 1 amide bonds. The first-order chi connectivity index (χ1) is 9.65. The van der Waals surface area contributed by atoms with E-state index < -0.39 is 0 Å². The monoisotopic (exact) mass is 275 g/mol. The van der Waals surface area contributed by atoms with Crippen molar-refractivity contribution in [2.75, 3.05) is 7.05 Å².